The predicted octanol–water partition coefficient (Wildman–Crippen LogP) is 3.23. The molecule has 5 heteroatoms. The van der Waals surface area contributed by atoms with Crippen LogP contribution in [0.4, 0.5) is 0 Å². The van der Waals surface area contributed by atoms with Gasteiger partial charge in [0.05, 0.1) is 5.02 Å². The van der Waals surface area contributed by atoms with Crippen molar-refractivity contribution in [3.8, 4) is 5.75 Å². The van der Waals surface area contributed by atoms with Crippen LogP contribution in [0.1, 0.15) is 13.3 Å². The number of carbonyl (C=O) groups excluding carboxylic acids is 1. The van der Waals surface area contributed by atoms with E-state index in [0.29, 0.717) is 23.8 Å². The maximum Gasteiger partial charge on any atom is 0.169 e. The zero-order chi connectivity index (χ0) is 12.4. The molecule has 1 fully saturated rings. The van der Waals surface area contributed by atoms with Gasteiger partial charge in [-0.15, -0.1) is 0 Å². The highest BCUT2D eigenvalue weighted by Gasteiger charge is 2.42. The highest BCUT2D eigenvalue weighted by atomic mass is 79.9. The van der Waals surface area contributed by atoms with E-state index in [1.165, 1.54) is 0 Å². The maximum absolute atomic E-state index is 11.3. The van der Waals surface area contributed by atoms with Gasteiger partial charge in [0.15, 0.2) is 11.9 Å². The van der Waals surface area contributed by atoms with Gasteiger partial charge in [0.25, 0.3) is 0 Å². The Balaban J connectivity index is 2.06. The first-order chi connectivity index (χ1) is 8.11. The molecular formula is C12H12BrClO3. The summed E-state index contributed by atoms with van der Waals surface area (Å²) in [5, 5.41) is 0.530. The van der Waals surface area contributed by atoms with E-state index in [4.69, 9.17) is 21.1 Å². The number of hydrogen-bond donors (Lipinski definition) is 0. The molecule has 17 heavy (non-hydrogen) atoms. The van der Waals surface area contributed by atoms with Crippen LogP contribution in [-0.4, -0.2) is 24.6 Å². The lowest BCUT2D eigenvalue weighted by atomic mass is 9.90. The van der Waals surface area contributed by atoms with Crippen molar-refractivity contribution in [3.63, 3.8) is 0 Å². The molecule has 0 aromatic heterocycles. The molecule has 0 spiro atoms. The molecule has 92 valence electrons. The lowest BCUT2D eigenvalue weighted by Crippen LogP contribution is -2.52. The smallest absolute Gasteiger partial charge is 0.169 e. The quantitative estimate of drug-likeness (QED) is 0.855. The highest BCUT2D eigenvalue weighted by molar-refractivity contribution is 9.10. The molecule has 0 saturated heterocycles. The lowest BCUT2D eigenvalue weighted by molar-refractivity contribution is -0.154. The molecule has 0 N–H and O–H groups in total. The van der Waals surface area contributed by atoms with Crippen LogP contribution in [0.15, 0.2) is 22.7 Å². The van der Waals surface area contributed by atoms with Gasteiger partial charge in [0.2, 0.25) is 0 Å². The van der Waals surface area contributed by atoms with E-state index in [9.17, 15) is 4.79 Å². The molecule has 0 radical (unpaired) electrons. The number of carbonyl (C=O) groups is 1. The molecule has 0 bridgehead atoms. The third kappa shape index (κ3) is 2.81. The van der Waals surface area contributed by atoms with Crippen LogP contribution >= 0.6 is 27.5 Å². The fraction of sp³-hybridized carbons (Fsp3) is 0.417. The standard InChI is InChI=1S/C12H12BrClO3/c1-2-16-12-9(15)6-11(12)17-10-5-7(13)3-4-8(10)14/h3-5,11-12H,2,6H2,1H3. The number of rotatable bonds is 4. The van der Waals surface area contributed by atoms with Crippen molar-refractivity contribution in [1.82, 2.24) is 0 Å². The van der Waals surface area contributed by atoms with E-state index < -0.39 is 6.10 Å². The topological polar surface area (TPSA) is 35.5 Å². The minimum absolute atomic E-state index is 0.0861. The molecule has 1 aliphatic rings. The van der Waals surface area contributed by atoms with Crippen LogP contribution in [0, 0.1) is 0 Å². The van der Waals surface area contributed by atoms with Crippen molar-refractivity contribution in [2.24, 2.45) is 0 Å². The third-order valence-corrected chi connectivity index (χ3v) is 3.38. The molecular weight excluding hydrogens is 307 g/mol. The zero-order valence-electron chi connectivity index (χ0n) is 9.28. The monoisotopic (exact) mass is 318 g/mol. The molecule has 1 saturated carbocycles. The molecule has 0 aliphatic heterocycles. The van der Waals surface area contributed by atoms with Crippen molar-refractivity contribution in [1.29, 1.82) is 0 Å². The van der Waals surface area contributed by atoms with Crippen molar-refractivity contribution < 1.29 is 14.3 Å². The molecule has 3 nitrogen and oxygen atoms in total. The van der Waals surface area contributed by atoms with Crippen LogP contribution in [0.2, 0.25) is 5.02 Å². The number of benzene rings is 1. The largest absolute Gasteiger partial charge is 0.485 e. The third-order valence-electron chi connectivity index (χ3n) is 2.58. The van der Waals surface area contributed by atoms with E-state index in [1.54, 1.807) is 12.1 Å². The summed E-state index contributed by atoms with van der Waals surface area (Å²) >= 11 is 9.36. The second-order valence-corrected chi connectivity index (χ2v) is 5.10. The van der Waals surface area contributed by atoms with Gasteiger partial charge in [-0.1, -0.05) is 27.5 Å². The molecule has 1 aliphatic carbocycles. The fourth-order valence-electron chi connectivity index (χ4n) is 1.68. The molecule has 0 amide bonds. The van der Waals surface area contributed by atoms with Gasteiger partial charge in [-0.25, -0.2) is 0 Å². The van der Waals surface area contributed by atoms with Crippen molar-refractivity contribution in [2.75, 3.05) is 6.61 Å². The Morgan fingerprint density at radius 2 is 2.29 bits per heavy atom. The van der Waals surface area contributed by atoms with Crippen molar-refractivity contribution in [2.45, 2.75) is 25.6 Å². The Kier molecular flexibility index (Phi) is 4.07. The summed E-state index contributed by atoms with van der Waals surface area (Å²) < 4.78 is 11.9. The Hall–Kier alpha value is -0.580. The first kappa shape index (κ1) is 12.9. The summed E-state index contributed by atoms with van der Waals surface area (Å²) in [6.07, 6.45) is -0.294. The first-order valence-electron chi connectivity index (χ1n) is 5.38. The second-order valence-electron chi connectivity index (χ2n) is 3.78. The summed E-state index contributed by atoms with van der Waals surface area (Å²) in [6, 6.07) is 5.37. The van der Waals surface area contributed by atoms with Gasteiger partial charge in [0, 0.05) is 17.5 Å². The fourth-order valence-corrected chi connectivity index (χ4v) is 2.18. The average molecular weight is 320 g/mol. The van der Waals surface area contributed by atoms with E-state index >= 15 is 0 Å². The van der Waals surface area contributed by atoms with Gasteiger partial charge in [-0.2, -0.15) is 0 Å². The summed E-state index contributed by atoms with van der Waals surface area (Å²) in [7, 11) is 0. The first-order valence-corrected chi connectivity index (χ1v) is 6.55. The van der Waals surface area contributed by atoms with E-state index in [-0.39, 0.29) is 11.9 Å². The molecule has 1 aromatic rings. The van der Waals surface area contributed by atoms with Crippen LogP contribution in [-0.2, 0) is 9.53 Å². The van der Waals surface area contributed by atoms with Gasteiger partial charge in [-0.3, -0.25) is 4.79 Å². The summed E-state index contributed by atoms with van der Waals surface area (Å²) in [5.41, 5.74) is 0. The molecule has 1 aromatic carbocycles. The Bertz CT molecular complexity index is 436. The van der Waals surface area contributed by atoms with E-state index in [1.807, 2.05) is 13.0 Å². The number of ether oxygens (including phenoxy) is 2. The zero-order valence-corrected chi connectivity index (χ0v) is 11.6. The number of Topliss-reactive ketones (excluding diaryl/α,β-unsaturated/α-hetero) is 1. The normalized spacial score (nSPS) is 23.4. The highest BCUT2D eigenvalue weighted by Crippen LogP contribution is 2.32. The van der Waals surface area contributed by atoms with Crippen LogP contribution < -0.4 is 4.74 Å². The van der Waals surface area contributed by atoms with Crippen LogP contribution in [0.3, 0.4) is 0 Å². The minimum Gasteiger partial charge on any atom is -0.485 e. The number of ketones is 1. The van der Waals surface area contributed by atoms with E-state index in [0.717, 1.165) is 4.47 Å². The van der Waals surface area contributed by atoms with Gasteiger partial charge < -0.3 is 9.47 Å². The molecule has 2 unspecified atom stereocenters. The van der Waals surface area contributed by atoms with Crippen molar-refractivity contribution in [3.05, 3.63) is 27.7 Å². The SMILES string of the molecule is CCOC1C(=O)CC1Oc1cc(Br)ccc1Cl. The molecule has 0 heterocycles. The minimum atomic E-state index is -0.449. The van der Waals surface area contributed by atoms with E-state index in [2.05, 4.69) is 15.9 Å². The number of hydrogen-bond acceptors (Lipinski definition) is 3. The second kappa shape index (κ2) is 5.38. The predicted molar refractivity (Wildman–Crippen MR) is 68.6 cm³/mol. The summed E-state index contributed by atoms with van der Waals surface area (Å²) in [5.74, 6) is 0.659. The number of halogens is 2. The Morgan fingerprint density at radius 3 is 2.94 bits per heavy atom. The summed E-state index contributed by atoms with van der Waals surface area (Å²) in [4.78, 5) is 11.3. The Morgan fingerprint density at radius 1 is 1.53 bits per heavy atom. The molecule has 2 atom stereocenters. The van der Waals surface area contributed by atoms with Crippen LogP contribution in [0.5, 0.6) is 5.75 Å². The van der Waals surface area contributed by atoms with Crippen LogP contribution in [0.25, 0.3) is 0 Å². The molecule has 2 rings (SSSR count). The Labute approximate surface area is 113 Å². The lowest BCUT2D eigenvalue weighted by Gasteiger charge is -2.34. The average Bonchev–Trinajstić information content (AvgIpc) is 2.30. The maximum atomic E-state index is 11.3. The van der Waals surface area contributed by atoms with Gasteiger partial charge in [0.1, 0.15) is 11.9 Å². The van der Waals surface area contributed by atoms with Crippen molar-refractivity contribution >= 4 is 33.3 Å². The van der Waals surface area contributed by atoms with Gasteiger partial charge in [-0.05, 0) is 25.1 Å². The summed E-state index contributed by atoms with van der Waals surface area (Å²) in [6.45, 7) is 2.36. The van der Waals surface area contributed by atoms with Gasteiger partial charge >= 0.3 is 0 Å².